The van der Waals surface area contributed by atoms with Gasteiger partial charge in [0.2, 0.25) is 0 Å². The number of hydrogen-bond donors (Lipinski definition) is 0. The van der Waals surface area contributed by atoms with Gasteiger partial charge in [-0.25, -0.2) is 4.39 Å². The van der Waals surface area contributed by atoms with Gasteiger partial charge < -0.3 is 0 Å². The minimum atomic E-state index is -0.204. The van der Waals surface area contributed by atoms with Gasteiger partial charge in [-0.2, -0.15) is 5.10 Å². The molecule has 0 unspecified atom stereocenters. The fourth-order valence-electron chi connectivity index (χ4n) is 2.17. The number of rotatable bonds is 4. The summed E-state index contributed by atoms with van der Waals surface area (Å²) >= 11 is 0. The number of aryl methyl sites for hydroxylation is 3. The van der Waals surface area contributed by atoms with Crippen molar-refractivity contribution in [1.82, 2.24) is 9.78 Å². The second-order valence-electron chi connectivity index (χ2n) is 4.74. The van der Waals surface area contributed by atoms with Crippen LogP contribution < -0.4 is 0 Å². The van der Waals surface area contributed by atoms with Crippen molar-refractivity contribution < 1.29 is 9.18 Å². The van der Waals surface area contributed by atoms with Crippen molar-refractivity contribution in [3.05, 3.63) is 40.8 Å². The molecule has 0 fully saturated rings. The number of nitrogens with zero attached hydrogens (tertiary/aromatic N) is 2. The van der Waals surface area contributed by atoms with E-state index in [4.69, 9.17) is 0 Å². The predicted molar refractivity (Wildman–Crippen MR) is 72.8 cm³/mol. The highest BCUT2D eigenvalue weighted by molar-refractivity contribution is 5.85. The minimum Gasteiger partial charge on any atom is -0.298 e. The summed E-state index contributed by atoms with van der Waals surface area (Å²) in [5, 5.41) is 4.42. The van der Waals surface area contributed by atoms with Crippen LogP contribution in [-0.2, 0) is 6.54 Å². The lowest BCUT2D eigenvalue weighted by Crippen LogP contribution is -1.97. The fraction of sp³-hybridized carbons (Fsp3) is 0.333. The monoisotopic (exact) mass is 260 g/mol. The summed E-state index contributed by atoms with van der Waals surface area (Å²) in [6.07, 6.45) is 3.48. The summed E-state index contributed by atoms with van der Waals surface area (Å²) in [6.45, 7) is 6.25. The standard InChI is InChI=1S/C15H17FN2O/c1-4-5-18-8-13(9-19)15(17-18)12-6-10(2)14(16)11(3)7-12/h6-9H,4-5H2,1-3H3. The van der Waals surface area contributed by atoms with Crippen LogP contribution in [0.15, 0.2) is 18.3 Å². The molecule has 0 spiro atoms. The summed E-state index contributed by atoms with van der Waals surface area (Å²) in [6, 6.07) is 3.46. The number of benzene rings is 1. The molecule has 0 N–H and O–H groups in total. The van der Waals surface area contributed by atoms with Crippen molar-refractivity contribution in [3.8, 4) is 11.3 Å². The largest absolute Gasteiger partial charge is 0.298 e. The Balaban J connectivity index is 2.54. The SMILES string of the molecule is CCCn1cc(C=O)c(-c2cc(C)c(F)c(C)c2)n1. The molecule has 1 aromatic carbocycles. The van der Waals surface area contributed by atoms with Crippen LogP contribution in [0.4, 0.5) is 4.39 Å². The zero-order valence-electron chi connectivity index (χ0n) is 11.4. The summed E-state index contributed by atoms with van der Waals surface area (Å²) in [5.74, 6) is -0.204. The molecule has 0 saturated carbocycles. The number of aromatic nitrogens is 2. The van der Waals surface area contributed by atoms with Gasteiger partial charge in [-0.15, -0.1) is 0 Å². The fourth-order valence-corrected chi connectivity index (χ4v) is 2.17. The minimum absolute atomic E-state index is 0.204. The highest BCUT2D eigenvalue weighted by Gasteiger charge is 2.13. The third kappa shape index (κ3) is 2.57. The Bertz CT molecular complexity index is 594. The number of carbonyl (C=O) groups excluding carboxylic acids is 1. The molecule has 0 aliphatic carbocycles. The molecule has 1 aromatic heterocycles. The average Bonchev–Trinajstić information content (AvgIpc) is 2.79. The van der Waals surface area contributed by atoms with E-state index in [0.29, 0.717) is 22.4 Å². The van der Waals surface area contributed by atoms with E-state index in [0.717, 1.165) is 24.8 Å². The molecule has 19 heavy (non-hydrogen) atoms. The molecule has 100 valence electrons. The van der Waals surface area contributed by atoms with Crippen molar-refractivity contribution >= 4 is 6.29 Å². The first kappa shape index (κ1) is 13.5. The Hall–Kier alpha value is -1.97. The third-order valence-electron chi connectivity index (χ3n) is 3.08. The normalized spacial score (nSPS) is 10.7. The number of carbonyl (C=O) groups is 1. The number of halogens is 1. The maximum Gasteiger partial charge on any atom is 0.153 e. The van der Waals surface area contributed by atoms with Crippen LogP contribution in [-0.4, -0.2) is 16.1 Å². The van der Waals surface area contributed by atoms with Crippen LogP contribution >= 0.6 is 0 Å². The molecule has 2 aromatic rings. The van der Waals surface area contributed by atoms with E-state index in [1.165, 1.54) is 0 Å². The van der Waals surface area contributed by atoms with Gasteiger partial charge in [0.25, 0.3) is 0 Å². The Morgan fingerprint density at radius 1 is 1.32 bits per heavy atom. The quantitative estimate of drug-likeness (QED) is 0.788. The van der Waals surface area contributed by atoms with Crippen LogP contribution in [0.1, 0.15) is 34.8 Å². The van der Waals surface area contributed by atoms with E-state index in [9.17, 15) is 9.18 Å². The zero-order valence-corrected chi connectivity index (χ0v) is 11.4. The third-order valence-corrected chi connectivity index (χ3v) is 3.08. The molecule has 2 rings (SSSR count). The molecule has 0 atom stereocenters. The molecule has 4 heteroatoms. The molecule has 0 bridgehead atoms. The maximum absolute atomic E-state index is 13.6. The lowest BCUT2D eigenvalue weighted by Gasteiger charge is -2.05. The van der Waals surface area contributed by atoms with Crippen LogP contribution in [0.25, 0.3) is 11.3 Å². The highest BCUT2D eigenvalue weighted by Crippen LogP contribution is 2.25. The Kier molecular flexibility index (Phi) is 3.79. The van der Waals surface area contributed by atoms with E-state index >= 15 is 0 Å². The van der Waals surface area contributed by atoms with Gasteiger partial charge in [0.15, 0.2) is 6.29 Å². The molecular formula is C15H17FN2O. The van der Waals surface area contributed by atoms with Gasteiger partial charge in [-0.3, -0.25) is 9.48 Å². The second-order valence-corrected chi connectivity index (χ2v) is 4.74. The van der Waals surface area contributed by atoms with E-state index in [2.05, 4.69) is 5.10 Å². The van der Waals surface area contributed by atoms with Gasteiger partial charge in [-0.05, 0) is 43.5 Å². The van der Waals surface area contributed by atoms with Crippen LogP contribution in [0, 0.1) is 19.7 Å². The Labute approximate surface area is 112 Å². The number of aldehydes is 1. The molecule has 0 aliphatic rings. The highest BCUT2D eigenvalue weighted by atomic mass is 19.1. The smallest absolute Gasteiger partial charge is 0.153 e. The Morgan fingerprint density at radius 3 is 2.47 bits per heavy atom. The van der Waals surface area contributed by atoms with Crippen molar-refractivity contribution in [2.45, 2.75) is 33.7 Å². The summed E-state index contributed by atoms with van der Waals surface area (Å²) in [5.41, 5.74) is 3.08. The summed E-state index contributed by atoms with van der Waals surface area (Å²) in [4.78, 5) is 11.1. The molecular weight excluding hydrogens is 243 g/mol. The summed E-state index contributed by atoms with van der Waals surface area (Å²) < 4.78 is 15.4. The molecule has 0 radical (unpaired) electrons. The average molecular weight is 260 g/mol. The van der Waals surface area contributed by atoms with Crippen molar-refractivity contribution in [2.24, 2.45) is 0 Å². The van der Waals surface area contributed by atoms with Gasteiger partial charge in [0, 0.05) is 18.3 Å². The topological polar surface area (TPSA) is 34.9 Å². The zero-order chi connectivity index (χ0) is 14.0. The Morgan fingerprint density at radius 2 is 1.95 bits per heavy atom. The lowest BCUT2D eigenvalue weighted by molar-refractivity contribution is 0.112. The molecule has 0 amide bonds. The molecule has 0 saturated heterocycles. The predicted octanol–water partition coefficient (Wildman–Crippen LogP) is 3.53. The molecule has 1 heterocycles. The van der Waals surface area contributed by atoms with Crippen molar-refractivity contribution in [3.63, 3.8) is 0 Å². The molecule has 3 nitrogen and oxygen atoms in total. The first-order valence-electron chi connectivity index (χ1n) is 6.36. The number of hydrogen-bond acceptors (Lipinski definition) is 2. The van der Waals surface area contributed by atoms with Crippen LogP contribution in [0.3, 0.4) is 0 Å². The van der Waals surface area contributed by atoms with Crippen LogP contribution in [0.5, 0.6) is 0 Å². The van der Waals surface area contributed by atoms with Gasteiger partial charge in [0.1, 0.15) is 11.5 Å². The maximum atomic E-state index is 13.6. The van der Waals surface area contributed by atoms with Gasteiger partial charge in [0.05, 0.1) is 5.56 Å². The van der Waals surface area contributed by atoms with Crippen LogP contribution in [0.2, 0.25) is 0 Å². The van der Waals surface area contributed by atoms with E-state index in [-0.39, 0.29) is 5.82 Å². The lowest BCUT2D eigenvalue weighted by atomic mass is 10.0. The van der Waals surface area contributed by atoms with Gasteiger partial charge in [-0.1, -0.05) is 6.92 Å². The van der Waals surface area contributed by atoms with E-state index in [1.54, 1.807) is 36.9 Å². The van der Waals surface area contributed by atoms with Crippen molar-refractivity contribution in [2.75, 3.05) is 0 Å². The first-order chi connectivity index (χ1) is 9.06. The first-order valence-corrected chi connectivity index (χ1v) is 6.36. The second kappa shape index (κ2) is 5.34. The van der Waals surface area contributed by atoms with E-state index in [1.807, 2.05) is 6.92 Å². The van der Waals surface area contributed by atoms with E-state index < -0.39 is 0 Å². The van der Waals surface area contributed by atoms with Gasteiger partial charge >= 0.3 is 0 Å². The molecule has 0 aliphatic heterocycles. The van der Waals surface area contributed by atoms with Crippen molar-refractivity contribution in [1.29, 1.82) is 0 Å². The summed E-state index contributed by atoms with van der Waals surface area (Å²) in [7, 11) is 0.